The summed E-state index contributed by atoms with van der Waals surface area (Å²) in [6, 6.07) is 7.05. The molecule has 4 heterocycles. The highest BCUT2D eigenvalue weighted by Gasteiger charge is 2.32. The van der Waals surface area contributed by atoms with Gasteiger partial charge in [-0.25, -0.2) is 9.97 Å². The van der Waals surface area contributed by atoms with Crippen molar-refractivity contribution >= 4 is 29.2 Å². The molecule has 0 spiro atoms. The van der Waals surface area contributed by atoms with Crippen molar-refractivity contribution in [2.45, 2.75) is 18.9 Å². The largest absolute Gasteiger partial charge is 0.454 e. The van der Waals surface area contributed by atoms with E-state index in [0.717, 1.165) is 11.3 Å². The Hall–Kier alpha value is -3.90. The van der Waals surface area contributed by atoms with E-state index in [4.69, 9.17) is 25.8 Å². The first-order chi connectivity index (χ1) is 18.5. The summed E-state index contributed by atoms with van der Waals surface area (Å²) < 4.78 is 17.5. The van der Waals surface area contributed by atoms with Gasteiger partial charge in [0.25, 0.3) is 0 Å². The minimum Gasteiger partial charge on any atom is -0.454 e. The zero-order valence-corrected chi connectivity index (χ0v) is 21.6. The zero-order valence-electron chi connectivity index (χ0n) is 20.9. The molecule has 0 bridgehead atoms. The molecule has 38 heavy (non-hydrogen) atoms. The molecular formula is C25H28ClN7O5. The van der Waals surface area contributed by atoms with Gasteiger partial charge < -0.3 is 29.3 Å². The van der Waals surface area contributed by atoms with Crippen LogP contribution in [0.4, 0.5) is 5.82 Å². The third-order valence-corrected chi connectivity index (χ3v) is 6.59. The fraction of sp³-hybridized carbons (Fsp3) is 0.400. The predicted octanol–water partition coefficient (Wildman–Crippen LogP) is 1.46. The highest BCUT2D eigenvalue weighted by atomic mass is 35.5. The van der Waals surface area contributed by atoms with Gasteiger partial charge in [-0.15, -0.1) is 0 Å². The van der Waals surface area contributed by atoms with Gasteiger partial charge in [-0.05, 0) is 24.1 Å². The number of anilines is 1. The normalized spacial score (nSPS) is 16.5. The first kappa shape index (κ1) is 25.7. The molecule has 3 aromatic rings. The highest BCUT2D eigenvalue weighted by Crippen LogP contribution is 2.32. The van der Waals surface area contributed by atoms with E-state index in [1.54, 1.807) is 34.3 Å². The van der Waals surface area contributed by atoms with Gasteiger partial charge in [0.1, 0.15) is 23.9 Å². The summed E-state index contributed by atoms with van der Waals surface area (Å²) in [5.74, 6) is 2.13. The number of carbonyl (C=O) groups excluding carboxylic acids is 2. The fourth-order valence-electron chi connectivity index (χ4n) is 4.55. The maximum atomic E-state index is 12.9. The van der Waals surface area contributed by atoms with Crippen molar-refractivity contribution < 1.29 is 23.8 Å². The summed E-state index contributed by atoms with van der Waals surface area (Å²) in [4.78, 5) is 42.3. The maximum Gasteiger partial charge on any atom is 0.248 e. The standard InChI is InChI=1S/C25H28ClN7O5/c1-36-14-24(35)33-9-8-31(22-12-21(26)29-25(30-22)32-7-6-27-15-32)13-18(33)11-23(34)28-5-4-17-2-3-19-20(10-17)38-16-37-19/h2-3,6-7,10,12,15,18H,4-5,8-9,11,13-14,16H2,1H3,(H,28,34). The van der Waals surface area contributed by atoms with Crippen LogP contribution in [0.25, 0.3) is 5.95 Å². The van der Waals surface area contributed by atoms with E-state index < -0.39 is 0 Å². The van der Waals surface area contributed by atoms with Crippen molar-refractivity contribution in [3.05, 3.63) is 53.7 Å². The number of carbonyl (C=O) groups is 2. The monoisotopic (exact) mass is 541 g/mol. The van der Waals surface area contributed by atoms with E-state index in [1.165, 1.54) is 7.11 Å². The second-order valence-corrected chi connectivity index (χ2v) is 9.32. The van der Waals surface area contributed by atoms with Crippen LogP contribution in [0.3, 0.4) is 0 Å². The summed E-state index contributed by atoms with van der Waals surface area (Å²) in [7, 11) is 1.48. The lowest BCUT2D eigenvalue weighted by atomic mass is 10.1. The number of halogens is 1. The number of nitrogens with one attached hydrogen (secondary N) is 1. The zero-order chi connectivity index (χ0) is 26.5. The molecule has 1 fully saturated rings. The van der Waals surface area contributed by atoms with E-state index in [9.17, 15) is 9.59 Å². The van der Waals surface area contributed by atoms with Crippen molar-refractivity contribution in [1.82, 2.24) is 29.7 Å². The average Bonchev–Trinajstić information content (AvgIpc) is 3.61. The Labute approximate surface area is 224 Å². The van der Waals surface area contributed by atoms with Gasteiger partial charge in [0.15, 0.2) is 11.5 Å². The molecule has 2 aliphatic rings. The van der Waals surface area contributed by atoms with Crippen molar-refractivity contribution in [2.75, 3.05) is 51.6 Å². The molecule has 2 aliphatic heterocycles. The Balaban J connectivity index is 1.24. The van der Waals surface area contributed by atoms with Crippen LogP contribution >= 0.6 is 11.6 Å². The fourth-order valence-corrected chi connectivity index (χ4v) is 4.72. The number of ether oxygens (including phenoxy) is 3. The van der Waals surface area contributed by atoms with Crippen LogP contribution in [0.1, 0.15) is 12.0 Å². The molecule has 0 radical (unpaired) electrons. The van der Waals surface area contributed by atoms with E-state index in [0.29, 0.717) is 50.1 Å². The number of amides is 2. The predicted molar refractivity (Wildman–Crippen MR) is 138 cm³/mol. The maximum absolute atomic E-state index is 12.9. The van der Waals surface area contributed by atoms with Crippen LogP contribution in [0.15, 0.2) is 43.0 Å². The molecular weight excluding hydrogens is 514 g/mol. The van der Waals surface area contributed by atoms with Gasteiger partial charge in [-0.1, -0.05) is 17.7 Å². The van der Waals surface area contributed by atoms with Gasteiger partial charge in [-0.2, -0.15) is 4.98 Å². The van der Waals surface area contributed by atoms with Crippen LogP contribution < -0.4 is 19.7 Å². The molecule has 1 N–H and O–H groups in total. The number of imidazole rings is 1. The summed E-state index contributed by atoms with van der Waals surface area (Å²) in [5, 5.41) is 3.26. The van der Waals surface area contributed by atoms with Gasteiger partial charge >= 0.3 is 0 Å². The molecule has 1 saturated heterocycles. The van der Waals surface area contributed by atoms with E-state index in [-0.39, 0.29) is 42.8 Å². The minimum absolute atomic E-state index is 0.0493. The van der Waals surface area contributed by atoms with Crippen LogP contribution in [-0.2, 0) is 20.7 Å². The van der Waals surface area contributed by atoms with Crippen molar-refractivity contribution in [3.8, 4) is 17.4 Å². The molecule has 2 aromatic heterocycles. The quantitative estimate of drug-likeness (QED) is 0.401. The Morgan fingerprint density at radius 1 is 1.18 bits per heavy atom. The van der Waals surface area contributed by atoms with Crippen molar-refractivity contribution in [1.29, 1.82) is 0 Å². The van der Waals surface area contributed by atoms with Crippen LogP contribution in [-0.4, -0.2) is 89.0 Å². The van der Waals surface area contributed by atoms with E-state index in [2.05, 4.69) is 20.3 Å². The Morgan fingerprint density at radius 3 is 2.87 bits per heavy atom. The van der Waals surface area contributed by atoms with Crippen molar-refractivity contribution in [2.24, 2.45) is 0 Å². The summed E-state index contributed by atoms with van der Waals surface area (Å²) >= 11 is 6.29. The van der Waals surface area contributed by atoms with Gasteiger partial charge in [0, 0.05) is 58.2 Å². The summed E-state index contributed by atoms with van der Waals surface area (Å²) in [6.07, 6.45) is 5.73. The number of rotatable bonds is 9. The topological polar surface area (TPSA) is 124 Å². The SMILES string of the molecule is COCC(=O)N1CCN(c2cc(Cl)nc(-n3ccnc3)n2)CC1CC(=O)NCCc1ccc2c(c1)OCO2. The number of methoxy groups -OCH3 is 1. The molecule has 1 atom stereocenters. The first-order valence-electron chi connectivity index (χ1n) is 12.2. The number of piperazine rings is 1. The third kappa shape index (κ3) is 5.97. The Kier molecular flexibility index (Phi) is 7.89. The number of aromatic nitrogens is 4. The lowest BCUT2D eigenvalue weighted by Crippen LogP contribution is -2.57. The number of hydrogen-bond donors (Lipinski definition) is 1. The number of fused-ring (bicyclic) bond motifs is 1. The molecule has 13 heteroatoms. The van der Waals surface area contributed by atoms with Gasteiger partial charge in [0.2, 0.25) is 24.6 Å². The molecule has 5 rings (SSSR count). The smallest absolute Gasteiger partial charge is 0.248 e. The Morgan fingerprint density at radius 2 is 2.05 bits per heavy atom. The average molecular weight is 542 g/mol. The second kappa shape index (κ2) is 11.7. The van der Waals surface area contributed by atoms with Crippen LogP contribution in [0.5, 0.6) is 11.5 Å². The minimum atomic E-state index is -0.373. The molecule has 0 saturated carbocycles. The van der Waals surface area contributed by atoms with E-state index in [1.807, 2.05) is 23.1 Å². The molecule has 1 aromatic carbocycles. The lowest BCUT2D eigenvalue weighted by Gasteiger charge is -2.41. The van der Waals surface area contributed by atoms with Gasteiger partial charge in [-0.3, -0.25) is 14.2 Å². The Bertz CT molecular complexity index is 1290. The van der Waals surface area contributed by atoms with Crippen molar-refractivity contribution in [3.63, 3.8) is 0 Å². The third-order valence-electron chi connectivity index (χ3n) is 6.39. The lowest BCUT2D eigenvalue weighted by molar-refractivity contribution is -0.139. The number of hydrogen-bond acceptors (Lipinski definition) is 9. The summed E-state index contributed by atoms with van der Waals surface area (Å²) in [6.45, 7) is 1.97. The molecule has 2 amide bonds. The van der Waals surface area contributed by atoms with E-state index >= 15 is 0 Å². The number of benzene rings is 1. The van der Waals surface area contributed by atoms with Crippen LogP contribution in [0, 0.1) is 0 Å². The second-order valence-electron chi connectivity index (χ2n) is 8.93. The summed E-state index contributed by atoms with van der Waals surface area (Å²) in [5.41, 5.74) is 1.03. The molecule has 0 aliphatic carbocycles. The first-order valence-corrected chi connectivity index (χ1v) is 12.6. The molecule has 200 valence electrons. The molecule has 12 nitrogen and oxygen atoms in total. The molecule has 1 unspecified atom stereocenters. The van der Waals surface area contributed by atoms with Crippen LogP contribution in [0.2, 0.25) is 5.15 Å². The van der Waals surface area contributed by atoms with Gasteiger partial charge in [0.05, 0.1) is 6.04 Å². The highest BCUT2D eigenvalue weighted by molar-refractivity contribution is 6.29. The number of nitrogens with zero attached hydrogens (tertiary/aromatic N) is 6.